The topological polar surface area (TPSA) is 21.3 Å². The molecule has 1 saturated heterocycles. The summed E-state index contributed by atoms with van der Waals surface area (Å²) in [7, 11) is 1.75. The van der Waals surface area contributed by atoms with E-state index in [-0.39, 0.29) is 0 Å². The Morgan fingerprint density at radius 2 is 2.22 bits per heavy atom. The van der Waals surface area contributed by atoms with Crippen LogP contribution >= 0.6 is 0 Å². The summed E-state index contributed by atoms with van der Waals surface area (Å²) >= 11 is 0. The monoisotopic (exact) mass is 245 g/mol. The molecule has 0 radical (unpaired) electrons. The highest BCUT2D eigenvalue weighted by molar-refractivity contribution is 5.32. The van der Waals surface area contributed by atoms with E-state index in [0.717, 1.165) is 17.6 Å². The average Bonchev–Trinajstić information content (AvgIpc) is 2.38. The van der Waals surface area contributed by atoms with Crippen molar-refractivity contribution in [3.63, 3.8) is 0 Å². The maximum atomic E-state index is 5.36. The molecule has 0 amide bonds. The number of rotatable bonds is 2. The molecule has 2 nitrogen and oxygen atoms in total. The van der Waals surface area contributed by atoms with E-state index in [1.807, 2.05) is 6.07 Å². The van der Waals surface area contributed by atoms with Gasteiger partial charge in [0.1, 0.15) is 5.75 Å². The molecule has 2 heteroatoms. The summed E-state index contributed by atoms with van der Waals surface area (Å²) < 4.78 is 5.36. The van der Waals surface area contributed by atoms with Gasteiger partial charge in [0.15, 0.2) is 0 Å². The van der Waals surface area contributed by atoms with Crippen LogP contribution in [0.1, 0.15) is 44.1 Å². The van der Waals surface area contributed by atoms with Crippen molar-refractivity contribution >= 4 is 0 Å². The SMILES string of the molecule is COc1cccc(C2CCC3(C)CC2CCN3)c1. The first kappa shape index (κ1) is 12.0. The first-order valence-corrected chi connectivity index (χ1v) is 7.09. The lowest BCUT2D eigenvalue weighted by Crippen LogP contribution is -2.52. The van der Waals surface area contributed by atoms with Crippen LogP contribution < -0.4 is 10.1 Å². The lowest BCUT2D eigenvalue weighted by atomic mass is 9.65. The molecule has 1 saturated carbocycles. The fourth-order valence-electron chi connectivity index (χ4n) is 3.87. The second-order valence-corrected chi connectivity index (χ2v) is 6.16. The van der Waals surface area contributed by atoms with Crippen molar-refractivity contribution in [3.8, 4) is 5.75 Å². The number of nitrogens with one attached hydrogen (secondary N) is 1. The second kappa shape index (κ2) is 4.58. The highest BCUT2D eigenvalue weighted by atomic mass is 16.5. The molecule has 98 valence electrons. The maximum absolute atomic E-state index is 5.36. The quantitative estimate of drug-likeness (QED) is 0.863. The molecule has 1 aromatic carbocycles. The third-order valence-electron chi connectivity index (χ3n) is 4.88. The van der Waals surface area contributed by atoms with Crippen molar-refractivity contribution in [2.24, 2.45) is 5.92 Å². The van der Waals surface area contributed by atoms with E-state index in [2.05, 4.69) is 30.4 Å². The normalized spacial score (nSPS) is 35.2. The molecule has 2 aliphatic rings. The Morgan fingerprint density at radius 3 is 3.06 bits per heavy atom. The van der Waals surface area contributed by atoms with E-state index < -0.39 is 0 Å². The van der Waals surface area contributed by atoms with Gasteiger partial charge in [-0.15, -0.1) is 0 Å². The van der Waals surface area contributed by atoms with Gasteiger partial charge in [-0.05, 0) is 68.7 Å². The van der Waals surface area contributed by atoms with Crippen LogP contribution in [0.25, 0.3) is 0 Å². The van der Waals surface area contributed by atoms with Gasteiger partial charge in [0.25, 0.3) is 0 Å². The standard InChI is InChI=1S/C16H23NO/c1-16-8-6-15(13(11-16)7-9-17-16)12-4-3-5-14(10-12)18-2/h3-5,10,13,15,17H,6-9,11H2,1-2H3. The molecular formula is C16H23NO. The Labute approximate surface area is 110 Å². The van der Waals surface area contributed by atoms with Crippen LogP contribution in [0.4, 0.5) is 0 Å². The minimum absolute atomic E-state index is 0.401. The molecule has 1 aliphatic carbocycles. The van der Waals surface area contributed by atoms with E-state index in [1.54, 1.807) is 7.11 Å². The first-order chi connectivity index (χ1) is 8.70. The average molecular weight is 245 g/mol. The third-order valence-corrected chi connectivity index (χ3v) is 4.88. The Morgan fingerprint density at radius 1 is 1.33 bits per heavy atom. The zero-order valence-corrected chi connectivity index (χ0v) is 11.4. The van der Waals surface area contributed by atoms with Gasteiger partial charge in [-0.25, -0.2) is 0 Å². The summed E-state index contributed by atoms with van der Waals surface area (Å²) in [6, 6.07) is 8.68. The van der Waals surface area contributed by atoms with E-state index in [4.69, 9.17) is 4.74 Å². The molecule has 2 bridgehead atoms. The Balaban J connectivity index is 1.84. The van der Waals surface area contributed by atoms with Crippen LogP contribution in [0.3, 0.4) is 0 Å². The van der Waals surface area contributed by atoms with Gasteiger partial charge in [0.2, 0.25) is 0 Å². The van der Waals surface area contributed by atoms with Crippen molar-refractivity contribution in [1.82, 2.24) is 5.32 Å². The third kappa shape index (κ3) is 2.14. The van der Waals surface area contributed by atoms with Gasteiger partial charge in [0, 0.05) is 5.54 Å². The van der Waals surface area contributed by atoms with Crippen molar-refractivity contribution in [2.45, 2.75) is 44.1 Å². The number of methoxy groups -OCH3 is 1. The van der Waals surface area contributed by atoms with Crippen molar-refractivity contribution in [3.05, 3.63) is 29.8 Å². The molecule has 0 spiro atoms. The lowest BCUT2D eigenvalue weighted by Gasteiger charge is -2.48. The molecule has 1 aromatic rings. The van der Waals surface area contributed by atoms with Crippen LogP contribution in [0.5, 0.6) is 5.75 Å². The molecule has 1 heterocycles. The highest BCUT2D eigenvalue weighted by Crippen LogP contribution is 2.46. The maximum Gasteiger partial charge on any atom is 0.119 e. The fourth-order valence-corrected chi connectivity index (χ4v) is 3.87. The van der Waals surface area contributed by atoms with E-state index in [1.165, 1.54) is 37.8 Å². The number of fused-ring (bicyclic) bond motifs is 2. The molecule has 2 fully saturated rings. The predicted octanol–water partition coefficient (Wildman–Crippen LogP) is 3.33. The summed E-state index contributed by atoms with van der Waals surface area (Å²) in [6.07, 6.45) is 5.25. The van der Waals surface area contributed by atoms with E-state index in [0.29, 0.717) is 5.54 Å². The van der Waals surface area contributed by atoms with Crippen LogP contribution in [-0.2, 0) is 0 Å². The molecule has 3 rings (SSSR count). The van der Waals surface area contributed by atoms with Gasteiger partial charge in [-0.2, -0.15) is 0 Å². The van der Waals surface area contributed by atoms with Gasteiger partial charge < -0.3 is 10.1 Å². The zero-order chi connectivity index (χ0) is 12.6. The van der Waals surface area contributed by atoms with Crippen LogP contribution in [-0.4, -0.2) is 19.2 Å². The molecule has 3 atom stereocenters. The highest BCUT2D eigenvalue weighted by Gasteiger charge is 2.40. The van der Waals surface area contributed by atoms with Crippen molar-refractivity contribution in [1.29, 1.82) is 0 Å². The minimum Gasteiger partial charge on any atom is -0.497 e. The zero-order valence-electron chi connectivity index (χ0n) is 11.4. The van der Waals surface area contributed by atoms with Gasteiger partial charge in [-0.3, -0.25) is 0 Å². The van der Waals surface area contributed by atoms with Crippen molar-refractivity contribution < 1.29 is 4.74 Å². The molecule has 18 heavy (non-hydrogen) atoms. The van der Waals surface area contributed by atoms with Crippen LogP contribution in [0.15, 0.2) is 24.3 Å². The Hall–Kier alpha value is -1.02. The first-order valence-electron chi connectivity index (χ1n) is 7.09. The van der Waals surface area contributed by atoms with Gasteiger partial charge in [0.05, 0.1) is 7.11 Å². The summed E-state index contributed by atoms with van der Waals surface area (Å²) in [5.74, 6) is 2.57. The van der Waals surface area contributed by atoms with Gasteiger partial charge in [-0.1, -0.05) is 12.1 Å². The number of hydrogen-bond acceptors (Lipinski definition) is 2. The fraction of sp³-hybridized carbons (Fsp3) is 0.625. The Bertz CT molecular complexity index is 431. The summed E-state index contributed by atoms with van der Waals surface area (Å²) in [5.41, 5.74) is 1.88. The smallest absolute Gasteiger partial charge is 0.119 e. The molecule has 1 N–H and O–H groups in total. The summed E-state index contributed by atoms with van der Waals surface area (Å²) in [5, 5.41) is 3.70. The second-order valence-electron chi connectivity index (χ2n) is 6.16. The largest absolute Gasteiger partial charge is 0.497 e. The minimum atomic E-state index is 0.401. The summed E-state index contributed by atoms with van der Waals surface area (Å²) in [4.78, 5) is 0. The summed E-state index contributed by atoms with van der Waals surface area (Å²) in [6.45, 7) is 3.57. The number of hydrogen-bond donors (Lipinski definition) is 1. The van der Waals surface area contributed by atoms with Crippen molar-refractivity contribution in [2.75, 3.05) is 13.7 Å². The molecule has 0 aromatic heterocycles. The van der Waals surface area contributed by atoms with E-state index in [9.17, 15) is 0 Å². The Kier molecular flexibility index (Phi) is 3.06. The number of piperidine rings is 1. The molecule has 1 aliphatic heterocycles. The molecular weight excluding hydrogens is 222 g/mol. The van der Waals surface area contributed by atoms with Gasteiger partial charge >= 0.3 is 0 Å². The van der Waals surface area contributed by atoms with Crippen LogP contribution in [0.2, 0.25) is 0 Å². The number of benzene rings is 1. The molecule has 3 unspecified atom stereocenters. The predicted molar refractivity (Wildman–Crippen MR) is 74.1 cm³/mol. The number of ether oxygens (including phenoxy) is 1. The lowest BCUT2D eigenvalue weighted by molar-refractivity contribution is 0.124. The van der Waals surface area contributed by atoms with Crippen LogP contribution in [0, 0.1) is 5.92 Å². The van der Waals surface area contributed by atoms with E-state index >= 15 is 0 Å².